The Morgan fingerprint density at radius 3 is 2.44 bits per heavy atom. The fourth-order valence-corrected chi connectivity index (χ4v) is 2.93. The van der Waals surface area contributed by atoms with Gasteiger partial charge < -0.3 is 4.90 Å². The Morgan fingerprint density at radius 2 is 1.84 bits per heavy atom. The molecule has 0 aliphatic heterocycles. The highest BCUT2D eigenvalue weighted by atomic mass is 16.2. The average molecular weight is 332 g/mol. The van der Waals surface area contributed by atoms with Gasteiger partial charge in [-0.1, -0.05) is 42.5 Å². The number of nitrogens with zero attached hydrogens (tertiary/aromatic N) is 4. The van der Waals surface area contributed by atoms with E-state index in [9.17, 15) is 4.79 Å². The van der Waals surface area contributed by atoms with E-state index in [-0.39, 0.29) is 5.91 Å². The highest BCUT2D eigenvalue weighted by Gasteiger charge is 2.33. The van der Waals surface area contributed by atoms with Crippen LogP contribution in [0.5, 0.6) is 0 Å². The van der Waals surface area contributed by atoms with Crippen LogP contribution in [0, 0.1) is 0 Å². The molecule has 0 bridgehead atoms. The lowest BCUT2D eigenvalue weighted by Gasteiger charge is -2.22. The highest BCUT2D eigenvalue weighted by molar-refractivity contribution is 5.95. The van der Waals surface area contributed by atoms with Gasteiger partial charge in [-0.2, -0.15) is 5.10 Å². The molecule has 126 valence electrons. The Bertz CT molecular complexity index is 866. The van der Waals surface area contributed by atoms with Gasteiger partial charge in [0.2, 0.25) is 0 Å². The summed E-state index contributed by atoms with van der Waals surface area (Å²) in [6.45, 7) is 0.661. The quantitative estimate of drug-likeness (QED) is 0.720. The molecule has 5 nitrogen and oxygen atoms in total. The molecule has 1 aliphatic carbocycles. The van der Waals surface area contributed by atoms with Crippen molar-refractivity contribution in [3.63, 3.8) is 0 Å². The minimum atomic E-state index is 0.0897. The molecule has 0 unspecified atom stereocenters. The minimum absolute atomic E-state index is 0.0897. The Hall–Kier alpha value is -2.95. The van der Waals surface area contributed by atoms with Crippen molar-refractivity contribution in [1.82, 2.24) is 19.7 Å². The Morgan fingerprint density at radius 1 is 1.12 bits per heavy atom. The number of amides is 1. The predicted octanol–water partition coefficient (Wildman–Crippen LogP) is 3.29. The second-order valence-corrected chi connectivity index (χ2v) is 6.47. The maximum absolute atomic E-state index is 13.0. The van der Waals surface area contributed by atoms with Gasteiger partial charge in [-0.3, -0.25) is 9.48 Å². The van der Waals surface area contributed by atoms with Gasteiger partial charge in [-0.25, -0.2) is 4.98 Å². The van der Waals surface area contributed by atoms with Crippen molar-refractivity contribution in [3.8, 4) is 11.4 Å². The van der Waals surface area contributed by atoms with E-state index < -0.39 is 0 Å². The summed E-state index contributed by atoms with van der Waals surface area (Å²) in [6.07, 6.45) is 3.85. The van der Waals surface area contributed by atoms with Gasteiger partial charge in [0.1, 0.15) is 6.33 Å². The van der Waals surface area contributed by atoms with Gasteiger partial charge in [-0.15, -0.1) is 0 Å². The van der Waals surface area contributed by atoms with Crippen LogP contribution in [-0.4, -0.2) is 31.6 Å². The van der Waals surface area contributed by atoms with Gasteiger partial charge in [0.05, 0.1) is 0 Å². The third-order valence-electron chi connectivity index (χ3n) is 4.43. The molecule has 1 aromatic heterocycles. The predicted molar refractivity (Wildman–Crippen MR) is 95.8 cm³/mol. The molecular weight excluding hydrogens is 312 g/mol. The number of benzene rings is 2. The first-order valence-corrected chi connectivity index (χ1v) is 8.52. The summed E-state index contributed by atoms with van der Waals surface area (Å²) >= 11 is 0. The van der Waals surface area contributed by atoms with Gasteiger partial charge >= 0.3 is 0 Å². The molecule has 25 heavy (non-hydrogen) atoms. The maximum Gasteiger partial charge on any atom is 0.254 e. The summed E-state index contributed by atoms with van der Waals surface area (Å²) in [7, 11) is 1.84. The largest absolute Gasteiger partial charge is 0.331 e. The van der Waals surface area contributed by atoms with Crippen LogP contribution >= 0.6 is 0 Å². The number of carbonyl (C=O) groups excluding carboxylic acids is 1. The van der Waals surface area contributed by atoms with Crippen molar-refractivity contribution in [3.05, 3.63) is 72.1 Å². The summed E-state index contributed by atoms with van der Waals surface area (Å²) < 4.78 is 1.67. The van der Waals surface area contributed by atoms with E-state index in [0.717, 1.165) is 24.0 Å². The van der Waals surface area contributed by atoms with E-state index in [1.807, 2.05) is 54.4 Å². The van der Waals surface area contributed by atoms with Gasteiger partial charge in [0, 0.05) is 30.8 Å². The maximum atomic E-state index is 13.0. The molecule has 0 atom stereocenters. The molecular formula is C20H20N4O. The number of hydrogen-bond donors (Lipinski definition) is 0. The van der Waals surface area contributed by atoms with E-state index in [2.05, 4.69) is 22.2 Å². The molecule has 5 heteroatoms. The SMILES string of the molecule is Cn1cnc(-c2ccc(C(=O)N(Cc3ccccc3)C3CC3)cc2)n1. The lowest BCUT2D eigenvalue weighted by Crippen LogP contribution is -2.32. The van der Waals surface area contributed by atoms with Crippen molar-refractivity contribution in [1.29, 1.82) is 0 Å². The van der Waals surface area contributed by atoms with Crippen LogP contribution in [-0.2, 0) is 13.6 Å². The highest BCUT2D eigenvalue weighted by Crippen LogP contribution is 2.30. The van der Waals surface area contributed by atoms with Crippen LogP contribution in [0.3, 0.4) is 0 Å². The average Bonchev–Trinajstić information content (AvgIpc) is 3.40. The molecule has 3 aromatic rings. The number of rotatable bonds is 5. The topological polar surface area (TPSA) is 51.0 Å². The molecule has 0 radical (unpaired) electrons. The van der Waals surface area contributed by atoms with Crippen molar-refractivity contribution < 1.29 is 4.79 Å². The zero-order chi connectivity index (χ0) is 17.2. The first-order chi connectivity index (χ1) is 12.2. The van der Waals surface area contributed by atoms with Crippen LogP contribution < -0.4 is 0 Å². The second-order valence-electron chi connectivity index (χ2n) is 6.47. The standard InChI is InChI=1S/C20H20N4O/c1-23-14-21-19(22-23)16-7-9-17(10-8-16)20(25)24(18-11-12-18)13-15-5-3-2-4-6-15/h2-10,14,18H,11-13H2,1H3. The molecule has 1 heterocycles. The van der Waals surface area contributed by atoms with Crippen LogP contribution in [0.1, 0.15) is 28.8 Å². The zero-order valence-corrected chi connectivity index (χ0v) is 14.2. The van der Waals surface area contributed by atoms with E-state index in [1.165, 1.54) is 0 Å². The summed E-state index contributed by atoms with van der Waals surface area (Å²) in [5, 5.41) is 4.29. The molecule has 0 spiro atoms. The van der Waals surface area contributed by atoms with Crippen LogP contribution in [0.2, 0.25) is 0 Å². The molecule has 1 amide bonds. The smallest absolute Gasteiger partial charge is 0.254 e. The van der Waals surface area contributed by atoms with E-state index in [0.29, 0.717) is 24.0 Å². The van der Waals surface area contributed by atoms with Gasteiger partial charge in [0.25, 0.3) is 5.91 Å². The summed E-state index contributed by atoms with van der Waals surface area (Å²) in [4.78, 5) is 19.2. The van der Waals surface area contributed by atoms with Gasteiger partial charge in [-0.05, 0) is 30.5 Å². The Labute approximate surface area is 146 Å². The summed E-state index contributed by atoms with van der Waals surface area (Å²) in [6, 6.07) is 18.1. The summed E-state index contributed by atoms with van der Waals surface area (Å²) in [5.41, 5.74) is 2.79. The number of aryl methyl sites for hydroxylation is 1. The van der Waals surface area contributed by atoms with E-state index in [1.54, 1.807) is 11.0 Å². The fourth-order valence-electron chi connectivity index (χ4n) is 2.93. The normalized spacial score (nSPS) is 13.6. The fraction of sp³-hybridized carbons (Fsp3) is 0.250. The lowest BCUT2D eigenvalue weighted by molar-refractivity contribution is 0.0730. The number of aromatic nitrogens is 3. The zero-order valence-electron chi connectivity index (χ0n) is 14.2. The first kappa shape index (κ1) is 15.6. The minimum Gasteiger partial charge on any atom is -0.331 e. The first-order valence-electron chi connectivity index (χ1n) is 8.52. The monoisotopic (exact) mass is 332 g/mol. The molecule has 4 rings (SSSR count). The number of carbonyl (C=O) groups is 1. The molecule has 1 fully saturated rings. The number of hydrogen-bond acceptors (Lipinski definition) is 3. The van der Waals surface area contributed by atoms with Crippen LogP contribution in [0.15, 0.2) is 60.9 Å². The molecule has 2 aromatic carbocycles. The third kappa shape index (κ3) is 3.45. The molecule has 0 N–H and O–H groups in total. The van der Waals surface area contributed by atoms with Crippen LogP contribution in [0.25, 0.3) is 11.4 Å². The van der Waals surface area contributed by atoms with Crippen molar-refractivity contribution in [2.45, 2.75) is 25.4 Å². The second kappa shape index (κ2) is 6.51. The molecule has 1 saturated carbocycles. The van der Waals surface area contributed by atoms with E-state index >= 15 is 0 Å². The third-order valence-corrected chi connectivity index (χ3v) is 4.43. The van der Waals surface area contributed by atoms with Crippen molar-refractivity contribution >= 4 is 5.91 Å². The van der Waals surface area contributed by atoms with Crippen molar-refractivity contribution in [2.24, 2.45) is 7.05 Å². The Balaban J connectivity index is 1.54. The Kier molecular flexibility index (Phi) is 4.06. The lowest BCUT2D eigenvalue weighted by atomic mass is 10.1. The van der Waals surface area contributed by atoms with E-state index in [4.69, 9.17) is 0 Å². The van der Waals surface area contributed by atoms with Crippen molar-refractivity contribution in [2.75, 3.05) is 0 Å². The molecule has 1 aliphatic rings. The molecule has 0 saturated heterocycles. The van der Waals surface area contributed by atoms with Gasteiger partial charge in [0.15, 0.2) is 5.82 Å². The van der Waals surface area contributed by atoms with Crippen LogP contribution in [0.4, 0.5) is 0 Å². The summed E-state index contributed by atoms with van der Waals surface area (Å²) in [5.74, 6) is 0.761.